The maximum absolute atomic E-state index is 12.2. The molecule has 0 heterocycles. The Hall–Kier alpha value is -1.12. The van der Waals surface area contributed by atoms with Gasteiger partial charge in [-0.25, -0.2) is 0 Å². The van der Waals surface area contributed by atoms with Gasteiger partial charge in [-0.05, 0) is 24.1 Å². The van der Waals surface area contributed by atoms with Crippen molar-refractivity contribution in [2.45, 2.75) is 19.2 Å². The largest absolute Gasteiger partial charge is 0.357 e. The molecule has 148 valence electrons. The minimum absolute atomic E-state index is 0. The molecule has 0 saturated heterocycles. The Balaban J connectivity index is 0.00000364. The van der Waals surface area contributed by atoms with Crippen molar-refractivity contribution >= 4 is 52.3 Å². The zero-order valence-electron chi connectivity index (χ0n) is 15.7. The van der Waals surface area contributed by atoms with Gasteiger partial charge in [0.05, 0.1) is 6.54 Å². The molecule has 7 heteroatoms. The maximum atomic E-state index is 12.2. The lowest BCUT2D eigenvalue weighted by Gasteiger charge is -2.22. The number of hydrogen-bond acceptors (Lipinski definition) is 2. The fourth-order valence-corrected chi connectivity index (χ4v) is 3.71. The van der Waals surface area contributed by atoms with E-state index in [1.165, 1.54) is 0 Å². The lowest BCUT2D eigenvalue weighted by atomic mass is 10.2. The summed E-state index contributed by atoms with van der Waals surface area (Å²) in [5, 5.41) is 4.03. The topological polar surface area (TPSA) is 44.7 Å². The molecule has 0 bridgehead atoms. The molecule has 0 spiro atoms. The van der Waals surface area contributed by atoms with Gasteiger partial charge in [0, 0.05) is 47.5 Å². The third kappa shape index (κ3) is 8.62. The Morgan fingerprint density at radius 1 is 1.15 bits per heavy atom. The van der Waals surface area contributed by atoms with Crippen molar-refractivity contribution in [1.82, 2.24) is 10.2 Å². The average molecular weight is 520 g/mol. The molecule has 0 saturated carbocycles. The normalized spacial score (nSPS) is 12.2. The van der Waals surface area contributed by atoms with Crippen molar-refractivity contribution < 1.29 is 4.21 Å². The molecule has 0 aliphatic carbocycles. The summed E-state index contributed by atoms with van der Waals surface area (Å²) >= 11 is 6.25. The van der Waals surface area contributed by atoms with E-state index in [1.807, 2.05) is 73.5 Å². The predicted octanol–water partition coefficient (Wildman–Crippen LogP) is 4.30. The maximum Gasteiger partial charge on any atom is 0.193 e. The number of guanidine groups is 1. The van der Waals surface area contributed by atoms with Crippen LogP contribution in [0.25, 0.3) is 0 Å². The number of nitrogens with zero attached hydrogens (tertiary/aromatic N) is 2. The lowest BCUT2D eigenvalue weighted by molar-refractivity contribution is 0.477. The van der Waals surface area contributed by atoms with Gasteiger partial charge >= 0.3 is 0 Å². The van der Waals surface area contributed by atoms with E-state index < -0.39 is 10.8 Å². The zero-order chi connectivity index (χ0) is 18.8. The van der Waals surface area contributed by atoms with Crippen LogP contribution < -0.4 is 5.32 Å². The summed E-state index contributed by atoms with van der Waals surface area (Å²) in [4.78, 5) is 6.65. The minimum Gasteiger partial charge on any atom is -0.357 e. The smallest absolute Gasteiger partial charge is 0.193 e. The van der Waals surface area contributed by atoms with Crippen LogP contribution >= 0.6 is 35.6 Å². The van der Waals surface area contributed by atoms with Gasteiger partial charge in [0.25, 0.3) is 0 Å². The highest BCUT2D eigenvalue weighted by Crippen LogP contribution is 2.16. The van der Waals surface area contributed by atoms with Gasteiger partial charge in [0.1, 0.15) is 0 Å². The average Bonchev–Trinajstić information content (AvgIpc) is 2.63. The molecule has 0 aromatic heterocycles. The predicted molar refractivity (Wildman–Crippen MR) is 127 cm³/mol. The first-order chi connectivity index (χ1) is 12.6. The van der Waals surface area contributed by atoms with Gasteiger partial charge in [-0.15, -0.1) is 24.0 Å². The molecule has 27 heavy (non-hydrogen) atoms. The van der Waals surface area contributed by atoms with Crippen LogP contribution in [0.3, 0.4) is 0 Å². The van der Waals surface area contributed by atoms with Gasteiger partial charge in [-0.1, -0.05) is 60.1 Å². The van der Waals surface area contributed by atoms with Crippen molar-refractivity contribution in [3.05, 3.63) is 70.7 Å². The van der Waals surface area contributed by atoms with Crippen LogP contribution in [0.2, 0.25) is 5.02 Å². The van der Waals surface area contributed by atoms with Gasteiger partial charge < -0.3 is 10.2 Å². The van der Waals surface area contributed by atoms with Crippen molar-refractivity contribution in [1.29, 1.82) is 0 Å². The quantitative estimate of drug-likeness (QED) is 0.321. The number of aliphatic imine (C=N–C) groups is 1. The first-order valence-electron chi connectivity index (χ1n) is 8.72. The summed E-state index contributed by atoms with van der Waals surface area (Å²) in [5.74, 6) is 1.91. The molecule has 0 fully saturated rings. The monoisotopic (exact) mass is 519 g/mol. The van der Waals surface area contributed by atoms with Crippen LogP contribution in [0.4, 0.5) is 0 Å². The Morgan fingerprint density at radius 3 is 2.48 bits per heavy atom. The third-order valence-corrected chi connectivity index (χ3v) is 5.47. The van der Waals surface area contributed by atoms with Gasteiger partial charge in [-0.3, -0.25) is 9.20 Å². The molecular weight excluding hydrogens is 493 g/mol. The fraction of sp³-hybridized carbons (Fsp3) is 0.350. The van der Waals surface area contributed by atoms with Crippen LogP contribution in [0, 0.1) is 0 Å². The van der Waals surface area contributed by atoms with Crippen molar-refractivity contribution in [2.75, 3.05) is 25.9 Å². The molecule has 2 aromatic carbocycles. The number of benzene rings is 2. The van der Waals surface area contributed by atoms with Crippen LogP contribution in [0.5, 0.6) is 0 Å². The van der Waals surface area contributed by atoms with Crippen LogP contribution in [0.15, 0.2) is 59.6 Å². The van der Waals surface area contributed by atoms with E-state index in [9.17, 15) is 4.21 Å². The standard InChI is InChI=1S/C20H26ClN3OS.HI/c1-3-22-20(24(2)15-18-11-7-8-12-19(18)21)23-13-14-26(25)16-17-9-5-4-6-10-17;/h4-12H,3,13-16H2,1-2H3,(H,22,23);1H. The molecule has 1 N–H and O–H groups in total. The molecule has 4 nitrogen and oxygen atoms in total. The second-order valence-electron chi connectivity index (χ2n) is 5.96. The third-order valence-electron chi connectivity index (χ3n) is 3.81. The van der Waals surface area contributed by atoms with E-state index in [1.54, 1.807) is 0 Å². The minimum atomic E-state index is -0.921. The first kappa shape index (κ1) is 23.9. The van der Waals surface area contributed by atoms with Crippen LogP contribution in [-0.4, -0.2) is 41.0 Å². The summed E-state index contributed by atoms with van der Waals surface area (Å²) in [5.41, 5.74) is 2.15. The van der Waals surface area contributed by atoms with E-state index in [0.717, 1.165) is 28.7 Å². The van der Waals surface area contributed by atoms with Crippen LogP contribution in [0.1, 0.15) is 18.1 Å². The molecule has 2 rings (SSSR count). The number of hydrogen-bond donors (Lipinski definition) is 1. The molecule has 0 amide bonds. The molecule has 0 aliphatic rings. The van der Waals surface area contributed by atoms with E-state index >= 15 is 0 Å². The number of halogens is 2. The Bertz CT molecular complexity index is 743. The molecule has 1 unspecified atom stereocenters. The van der Waals surface area contributed by atoms with Gasteiger partial charge in [0.2, 0.25) is 0 Å². The van der Waals surface area contributed by atoms with E-state index in [2.05, 4.69) is 10.3 Å². The Labute approximate surface area is 186 Å². The summed E-state index contributed by atoms with van der Waals surface area (Å²) in [6, 6.07) is 17.7. The fourth-order valence-electron chi connectivity index (χ4n) is 2.51. The number of rotatable bonds is 8. The van der Waals surface area contributed by atoms with Gasteiger partial charge in [-0.2, -0.15) is 0 Å². The Morgan fingerprint density at radius 2 is 1.81 bits per heavy atom. The Kier molecular flexibility index (Phi) is 11.6. The van der Waals surface area contributed by atoms with E-state index in [0.29, 0.717) is 24.6 Å². The van der Waals surface area contributed by atoms with E-state index in [4.69, 9.17) is 11.6 Å². The SMILES string of the molecule is CCNC(=NCCS(=O)Cc1ccccc1)N(C)Cc1ccccc1Cl.I. The molecular formula is C20H27ClIN3OS. The molecule has 1 atom stereocenters. The molecule has 0 aliphatic heterocycles. The van der Waals surface area contributed by atoms with E-state index in [-0.39, 0.29) is 24.0 Å². The second kappa shape index (κ2) is 13.1. The highest BCUT2D eigenvalue weighted by Gasteiger charge is 2.09. The molecule has 0 radical (unpaired) electrons. The second-order valence-corrected chi connectivity index (χ2v) is 7.94. The van der Waals surface area contributed by atoms with Crippen molar-refractivity contribution in [3.8, 4) is 0 Å². The summed E-state index contributed by atoms with van der Waals surface area (Å²) in [6.45, 7) is 4.00. The summed E-state index contributed by atoms with van der Waals surface area (Å²) in [7, 11) is 1.06. The number of nitrogens with one attached hydrogen (secondary N) is 1. The lowest BCUT2D eigenvalue weighted by Crippen LogP contribution is -2.38. The van der Waals surface area contributed by atoms with Crippen molar-refractivity contribution in [3.63, 3.8) is 0 Å². The van der Waals surface area contributed by atoms with Gasteiger partial charge in [0.15, 0.2) is 5.96 Å². The molecule has 2 aromatic rings. The first-order valence-corrected chi connectivity index (χ1v) is 10.6. The summed E-state index contributed by atoms with van der Waals surface area (Å²) < 4.78 is 12.2. The van der Waals surface area contributed by atoms with Crippen LogP contribution in [-0.2, 0) is 23.1 Å². The highest BCUT2D eigenvalue weighted by atomic mass is 127. The summed E-state index contributed by atoms with van der Waals surface area (Å²) in [6.07, 6.45) is 0. The highest BCUT2D eigenvalue weighted by molar-refractivity contribution is 14.0. The van der Waals surface area contributed by atoms with Crippen molar-refractivity contribution in [2.24, 2.45) is 4.99 Å². The zero-order valence-corrected chi connectivity index (χ0v) is 19.6.